The number of halogens is 2. The number of rotatable bonds is 3. The largest absolute Gasteiger partial charge is 0.394 e. The van der Waals surface area contributed by atoms with E-state index in [1.807, 2.05) is 0 Å². The van der Waals surface area contributed by atoms with Crippen molar-refractivity contribution in [2.45, 2.75) is 6.04 Å². The van der Waals surface area contributed by atoms with Gasteiger partial charge in [0.15, 0.2) is 0 Å². The van der Waals surface area contributed by atoms with Crippen molar-refractivity contribution in [1.29, 1.82) is 0 Å². The average Bonchev–Trinajstić information content (AvgIpc) is 2.11. The fourth-order valence-corrected chi connectivity index (χ4v) is 1.83. The second-order valence-corrected chi connectivity index (χ2v) is 3.47. The third-order valence-electron chi connectivity index (χ3n) is 1.88. The highest BCUT2D eigenvalue weighted by Gasteiger charge is 2.14. The molecule has 72 valence electrons. The van der Waals surface area contributed by atoms with Gasteiger partial charge in [-0.05, 0) is 19.2 Å². The smallest absolute Gasteiger partial charge is 0.0627 e. The van der Waals surface area contributed by atoms with Crippen molar-refractivity contribution in [3.63, 3.8) is 0 Å². The first-order valence-corrected chi connectivity index (χ1v) is 4.68. The lowest BCUT2D eigenvalue weighted by Gasteiger charge is -2.16. The van der Waals surface area contributed by atoms with Crippen LogP contribution in [0.2, 0.25) is 10.0 Å². The van der Waals surface area contributed by atoms with E-state index in [1.54, 1.807) is 25.2 Å². The van der Waals surface area contributed by atoms with Gasteiger partial charge >= 0.3 is 0 Å². The highest BCUT2D eigenvalue weighted by Crippen LogP contribution is 2.29. The molecule has 1 aromatic carbocycles. The van der Waals surface area contributed by atoms with Crippen molar-refractivity contribution in [3.05, 3.63) is 33.8 Å². The molecule has 0 amide bonds. The van der Waals surface area contributed by atoms with E-state index in [0.717, 1.165) is 5.56 Å². The van der Waals surface area contributed by atoms with Gasteiger partial charge in [-0.15, -0.1) is 0 Å². The summed E-state index contributed by atoms with van der Waals surface area (Å²) in [6.07, 6.45) is 0. The van der Waals surface area contributed by atoms with Crippen LogP contribution in [-0.2, 0) is 0 Å². The van der Waals surface area contributed by atoms with E-state index < -0.39 is 0 Å². The third kappa shape index (κ3) is 2.35. The topological polar surface area (TPSA) is 32.3 Å². The Hall–Kier alpha value is -0.280. The number of hydrogen-bond acceptors (Lipinski definition) is 2. The summed E-state index contributed by atoms with van der Waals surface area (Å²) in [4.78, 5) is 0. The Morgan fingerprint density at radius 1 is 1.38 bits per heavy atom. The maximum atomic E-state index is 9.05. The van der Waals surface area contributed by atoms with Gasteiger partial charge in [-0.3, -0.25) is 0 Å². The lowest BCUT2D eigenvalue weighted by Crippen LogP contribution is -2.20. The van der Waals surface area contributed by atoms with Crippen molar-refractivity contribution < 1.29 is 5.11 Å². The average molecular weight is 220 g/mol. The number of nitrogens with one attached hydrogen (secondary N) is 1. The van der Waals surface area contributed by atoms with Crippen LogP contribution in [0.1, 0.15) is 11.6 Å². The molecule has 0 aromatic heterocycles. The number of hydrogen-bond donors (Lipinski definition) is 2. The molecular formula is C9H11Cl2NO. The lowest BCUT2D eigenvalue weighted by molar-refractivity contribution is 0.251. The maximum Gasteiger partial charge on any atom is 0.0627 e. The number of likely N-dealkylation sites (N-methyl/N-ethyl adjacent to an activating group) is 1. The molecule has 1 aromatic rings. The molecule has 1 rings (SSSR count). The van der Waals surface area contributed by atoms with Gasteiger partial charge in [0.1, 0.15) is 0 Å². The molecule has 0 unspecified atom stereocenters. The van der Waals surface area contributed by atoms with Crippen LogP contribution in [0.25, 0.3) is 0 Å². The van der Waals surface area contributed by atoms with Crippen LogP contribution in [0, 0.1) is 0 Å². The Kier molecular flexibility index (Phi) is 4.00. The van der Waals surface area contributed by atoms with E-state index in [0.29, 0.717) is 10.0 Å². The van der Waals surface area contributed by atoms with E-state index in [-0.39, 0.29) is 12.6 Å². The summed E-state index contributed by atoms with van der Waals surface area (Å²) >= 11 is 11.9. The zero-order valence-corrected chi connectivity index (χ0v) is 8.73. The first-order valence-electron chi connectivity index (χ1n) is 3.92. The van der Waals surface area contributed by atoms with Gasteiger partial charge in [-0.2, -0.15) is 0 Å². The molecule has 0 fully saturated rings. The third-order valence-corrected chi connectivity index (χ3v) is 2.54. The molecule has 0 bridgehead atoms. The van der Waals surface area contributed by atoms with E-state index in [1.165, 1.54) is 0 Å². The molecule has 0 heterocycles. The highest BCUT2D eigenvalue weighted by atomic mass is 35.5. The number of benzene rings is 1. The summed E-state index contributed by atoms with van der Waals surface area (Å²) in [6.45, 7) is -0.0278. The fraction of sp³-hybridized carbons (Fsp3) is 0.333. The standard InChI is InChI=1S/C9H11Cl2NO/c1-12-8(5-13)9-6(10)3-2-4-7(9)11/h2-4,8,12-13H,5H2,1H3/t8-/m1/s1. The van der Waals surface area contributed by atoms with Crippen molar-refractivity contribution in [2.24, 2.45) is 0 Å². The molecule has 0 saturated carbocycles. The summed E-state index contributed by atoms with van der Waals surface area (Å²) in [6, 6.07) is 5.07. The van der Waals surface area contributed by atoms with Crippen LogP contribution in [0.3, 0.4) is 0 Å². The predicted molar refractivity (Wildman–Crippen MR) is 55.3 cm³/mol. The summed E-state index contributed by atoms with van der Waals surface area (Å²) < 4.78 is 0. The van der Waals surface area contributed by atoms with Gasteiger partial charge in [0, 0.05) is 15.6 Å². The van der Waals surface area contributed by atoms with Gasteiger partial charge in [0.05, 0.1) is 12.6 Å². The Labute approximate surface area is 87.5 Å². The van der Waals surface area contributed by atoms with Crippen LogP contribution in [0.5, 0.6) is 0 Å². The van der Waals surface area contributed by atoms with Crippen molar-refractivity contribution >= 4 is 23.2 Å². The van der Waals surface area contributed by atoms with Crippen molar-refractivity contribution in [2.75, 3.05) is 13.7 Å². The minimum Gasteiger partial charge on any atom is -0.394 e. The minimum atomic E-state index is -0.207. The van der Waals surface area contributed by atoms with Gasteiger partial charge < -0.3 is 10.4 Å². The zero-order chi connectivity index (χ0) is 9.84. The van der Waals surface area contributed by atoms with Gasteiger partial charge in [-0.25, -0.2) is 0 Å². The Morgan fingerprint density at radius 3 is 2.31 bits per heavy atom. The van der Waals surface area contributed by atoms with Gasteiger partial charge in [-0.1, -0.05) is 29.3 Å². The molecule has 2 N–H and O–H groups in total. The van der Waals surface area contributed by atoms with E-state index in [2.05, 4.69) is 5.32 Å². The Bertz CT molecular complexity index is 267. The molecule has 1 atom stereocenters. The molecule has 0 saturated heterocycles. The second kappa shape index (κ2) is 4.82. The van der Waals surface area contributed by atoms with Gasteiger partial charge in [0.25, 0.3) is 0 Å². The van der Waals surface area contributed by atoms with Crippen LogP contribution in [-0.4, -0.2) is 18.8 Å². The van der Waals surface area contributed by atoms with Crippen LogP contribution < -0.4 is 5.32 Å². The summed E-state index contributed by atoms with van der Waals surface area (Å²) in [5, 5.41) is 13.1. The van der Waals surface area contributed by atoms with E-state index >= 15 is 0 Å². The van der Waals surface area contributed by atoms with Gasteiger partial charge in [0.2, 0.25) is 0 Å². The SMILES string of the molecule is CN[C@H](CO)c1c(Cl)cccc1Cl. The highest BCUT2D eigenvalue weighted by molar-refractivity contribution is 6.36. The van der Waals surface area contributed by atoms with Crippen LogP contribution >= 0.6 is 23.2 Å². The minimum absolute atomic E-state index is 0.0278. The van der Waals surface area contributed by atoms with E-state index in [9.17, 15) is 0 Å². The molecule has 0 radical (unpaired) electrons. The summed E-state index contributed by atoms with van der Waals surface area (Å²) in [5.74, 6) is 0. The summed E-state index contributed by atoms with van der Waals surface area (Å²) in [7, 11) is 1.75. The monoisotopic (exact) mass is 219 g/mol. The maximum absolute atomic E-state index is 9.05. The quantitative estimate of drug-likeness (QED) is 0.818. The molecule has 13 heavy (non-hydrogen) atoms. The van der Waals surface area contributed by atoms with Crippen molar-refractivity contribution in [3.8, 4) is 0 Å². The first kappa shape index (κ1) is 10.8. The Morgan fingerprint density at radius 2 is 1.92 bits per heavy atom. The normalized spacial score (nSPS) is 12.9. The lowest BCUT2D eigenvalue weighted by atomic mass is 10.1. The molecule has 2 nitrogen and oxygen atoms in total. The fourth-order valence-electron chi connectivity index (χ4n) is 1.17. The molecule has 0 aliphatic rings. The molecule has 0 aliphatic carbocycles. The predicted octanol–water partition coefficient (Wildman–Crippen LogP) is 2.25. The summed E-state index contributed by atoms with van der Waals surface area (Å²) in [5.41, 5.74) is 0.746. The van der Waals surface area contributed by atoms with Crippen molar-refractivity contribution in [1.82, 2.24) is 5.32 Å². The number of aliphatic hydroxyl groups is 1. The Balaban J connectivity index is 3.10. The van der Waals surface area contributed by atoms with E-state index in [4.69, 9.17) is 28.3 Å². The first-order chi connectivity index (χ1) is 6.20. The van der Waals surface area contributed by atoms with Crippen LogP contribution in [0.4, 0.5) is 0 Å². The molecular weight excluding hydrogens is 209 g/mol. The van der Waals surface area contributed by atoms with Crippen LogP contribution in [0.15, 0.2) is 18.2 Å². The second-order valence-electron chi connectivity index (χ2n) is 2.66. The molecule has 0 spiro atoms. The number of aliphatic hydroxyl groups excluding tert-OH is 1. The zero-order valence-electron chi connectivity index (χ0n) is 7.22. The molecule has 4 heteroatoms. The molecule has 0 aliphatic heterocycles.